The van der Waals surface area contributed by atoms with Crippen LogP contribution in [0.3, 0.4) is 0 Å². The van der Waals surface area contributed by atoms with E-state index in [0.717, 1.165) is 25.7 Å². The monoisotopic (exact) mass is 686 g/mol. The molecule has 0 rings (SSSR count). The molecular weight excluding hydrogens is 625 g/mol. The van der Waals surface area contributed by atoms with E-state index in [4.69, 9.17) is 9.47 Å². The van der Waals surface area contributed by atoms with E-state index in [-0.39, 0.29) is 51.0 Å². The molecule has 0 radical (unpaired) electrons. The maximum atomic E-state index is 10.3. The van der Waals surface area contributed by atoms with Gasteiger partial charge in [-0.2, -0.15) is 0 Å². The fourth-order valence-corrected chi connectivity index (χ4v) is 5.26. The first-order valence-corrected chi connectivity index (χ1v) is 19.0. The standard InChI is InChI=1S/2C15H32O5S.Ca/c2*1-3-4-5-6-7-8-9-10-11-12-13-19-14-15(2)20-21(16,17)18;/h2*15H,3-14H2,1-2H3,(H,16,17,18);/q;;+2/p-2. The second-order valence-corrected chi connectivity index (χ2v) is 13.2. The molecule has 0 aromatic heterocycles. The molecule has 0 spiro atoms. The fourth-order valence-electron chi connectivity index (χ4n) is 4.34. The van der Waals surface area contributed by atoms with Gasteiger partial charge in [0.2, 0.25) is 20.8 Å². The van der Waals surface area contributed by atoms with Crippen molar-refractivity contribution >= 4 is 58.5 Å². The van der Waals surface area contributed by atoms with Crippen molar-refractivity contribution in [1.82, 2.24) is 0 Å². The first-order valence-electron chi connectivity index (χ1n) is 16.3. The largest absolute Gasteiger partial charge is 2.00 e. The van der Waals surface area contributed by atoms with Crippen molar-refractivity contribution in [1.29, 1.82) is 0 Å². The number of unbranched alkanes of at least 4 members (excludes halogenated alkanes) is 18. The van der Waals surface area contributed by atoms with Crippen LogP contribution in [0.15, 0.2) is 0 Å². The van der Waals surface area contributed by atoms with Gasteiger partial charge in [-0.05, 0) is 26.7 Å². The number of hydrogen-bond donors (Lipinski definition) is 0. The molecule has 0 aliphatic carbocycles. The Morgan fingerprint density at radius 1 is 0.465 bits per heavy atom. The topological polar surface area (TPSA) is 151 Å². The third-order valence-electron chi connectivity index (χ3n) is 6.55. The van der Waals surface area contributed by atoms with Gasteiger partial charge < -0.3 is 18.6 Å². The molecule has 13 heteroatoms. The minimum atomic E-state index is -4.62. The molecule has 0 aliphatic rings. The summed E-state index contributed by atoms with van der Waals surface area (Å²) in [6, 6.07) is 0. The zero-order valence-corrected chi connectivity index (χ0v) is 31.6. The molecule has 2 atom stereocenters. The van der Waals surface area contributed by atoms with E-state index in [9.17, 15) is 25.9 Å². The van der Waals surface area contributed by atoms with Gasteiger partial charge in [-0.25, -0.2) is 16.8 Å². The molecule has 10 nitrogen and oxygen atoms in total. The number of hydrogen-bond acceptors (Lipinski definition) is 10. The van der Waals surface area contributed by atoms with Gasteiger partial charge >= 0.3 is 37.7 Å². The van der Waals surface area contributed by atoms with Crippen LogP contribution in [0.5, 0.6) is 0 Å². The van der Waals surface area contributed by atoms with E-state index in [0.29, 0.717) is 13.2 Å². The molecule has 0 bridgehead atoms. The Bertz CT molecular complexity index is 703. The molecule has 0 aromatic carbocycles. The summed E-state index contributed by atoms with van der Waals surface area (Å²) in [5.74, 6) is 0. The Labute approximate surface area is 295 Å². The van der Waals surface area contributed by atoms with E-state index >= 15 is 0 Å². The Morgan fingerprint density at radius 3 is 0.930 bits per heavy atom. The zero-order valence-electron chi connectivity index (χ0n) is 27.7. The molecule has 0 aliphatic heterocycles. The van der Waals surface area contributed by atoms with Crippen LogP contribution >= 0.6 is 0 Å². The summed E-state index contributed by atoms with van der Waals surface area (Å²) < 4.78 is 81.0. The quantitative estimate of drug-likeness (QED) is 0.0328. The summed E-state index contributed by atoms with van der Waals surface area (Å²) in [6.45, 7) is 8.93. The van der Waals surface area contributed by atoms with E-state index in [1.807, 2.05) is 0 Å². The molecule has 0 saturated carbocycles. The van der Waals surface area contributed by atoms with Crippen LogP contribution in [0.4, 0.5) is 0 Å². The minimum Gasteiger partial charge on any atom is -0.726 e. The molecule has 256 valence electrons. The first kappa shape index (κ1) is 48.3. The molecular formula is C30H62CaO10S2. The van der Waals surface area contributed by atoms with E-state index in [1.54, 1.807) is 0 Å². The number of ether oxygens (including phenoxy) is 2. The molecule has 0 N–H and O–H groups in total. The van der Waals surface area contributed by atoms with Gasteiger partial charge in [0.25, 0.3) is 0 Å². The molecule has 0 saturated heterocycles. The molecule has 0 aromatic rings. The summed E-state index contributed by atoms with van der Waals surface area (Å²) >= 11 is 0. The predicted molar refractivity (Wildman–Crippen MR) is 172 cm³/mol. The van der Waals surface area contributed by atoms with Crippen molar-refractivity contribution in [3.05, 3.63) is 0 Å². The summed E-state index contributed by atoms with van der Waals surface area (Å²) in [5.41, 5.74) is 0. The second kappa shape index (κ2) is 34.3. The zero-order chi connectivity index (χ0) is 32.0. The van der Waals surface area contributed by atoms with Crippen molar-refractivity contribution in [2.75, 3.05) is 26.4 Å². The third-order valence-corrected chi connectivity index (χ3v) is 7.68. The average molecular weight is 687 g/mol. The Kier molecular flexibility index (Phi) is 38.5. The summed E-state index contributed by atoms with van der Waals surface area (Å²) in [4.78, 5) is 0. The molecule has 0 amide bonds. The van der Waals surface area contributed by atoms with E-state index in [2.05, 4.69) is 22.2 Å². The Balaban J connectivity index is -0.000000727. The maximum absolute atomic E-state index is 10.3. The van der Waals surface area contributed by atoms with Crippen molar-refractivity contribution in [2.24, 2.45) is 0 Å². The molecule has 0 heterocycles. The van der Waals surface area contributed by atoms with E-state index < -0.39 is 33.0 Å². The van der Waals surface area contributed by atoms with Gasteiger partial charge in [0, 0.05) is 13.2 Å². The van der Waals surface area contributed by atoms with Crippen LogP contribution in [0.2, 0.25) is 0 Å². The van der Waals surface area contributed by atoms with Crippen LogP contribution in [0, 0.1) is 0 Å². The summed E-state index contributed by atoms with van der Waals surface area (Å²) in [5, 5.41) is 0. The van der Waals surface area contributed by atoms with Gasteiger partial charge in [-0.1, -0.05) is 129 Å². The maximum Gasteiger partial charge on any atom is 2.00 e. The van der Waals surface area contributed by atoms with Crippen molar-refractivity contribution < 1.29 is 43.8 Å². The number of rotatable bonds is 30. The second-order valence-electron chi connectivity index (χ2n) is 11.1. The Hall–Kier alpha value is 0.920. The first-order chi connectivity index (χ1) is 19.9. The van der Waals surface area contributed by atoms with Crippen molar-refractivity contribution in [3.63, 3.8) is 0 Å². The van der Waals surface area contributed by atoms with Crippen LogP contribution in [-0.4, -0.2) is 102 Å². The van der Waals surface area contributed by atoms with Gasteiger partial charge in [-0.3, -0.25) is 8.37 Å². The minimum absolute atomic E-state index is 0. The molecule has 0 fully saturated rings. The smallest absolute Gasteiger partial charge is 0.726 e. The van der Waals surface area contributed by atoms with Crippen molar-refractivity contribution in [2.45, 2.75) is 168 Å². The normalized spacial score (nSPS) is 13.2. The van der Waals surface area contributed by atoms with Crippen LogP contribution < -0.4 is 0 Å². The molecule has 2 unspecified atom stereocenters. The Morgan fingerprint density at radius 2 is 0.698 bits per heavy atom. The molecule has 43 heavy (non-hydrogen) atoms. The SMILES string of the molecule is CCCCCCCCCCCCOCC(C)OS(=O)(=O)[O-].CCCCCCCCCCCCOCC(C)OS(=O)(=O)[O-].[Ca+2]. The third kappa shape index (κ3) is 47.4. The summed E-state index contributed by atoms with van der Waals surface area (Å²) in [7, 11) is -9.24. The van der Waals surface area contributed by atoms with Gasteiger partial charge in [0.1, 0.15) is 0 Å². The fraction of sp³-hybridized carbons (Fsp3) is 1.00. The van der Waals surface area contributed by atoms with Crippen molar-refractivity contribution in [3.8, 4) is 0 Å². The summed E-state index contributed by atoms with van der Waals surface area (Å²) in [6.07, 6.45) is 23.8. The van der Waals surface area contributed by atoms with Crippen LogP contribution in [-0.2, 0) is 38.6 Å². The van der Waals surface area contributed by atoms with Gasteiger partial charge in [0.05, 0.1) is 25.4 Å². The average Bonchev–Trinajstić information content (AvgIpc) is 2.88. The predicted octanol–water partition coefficient (Wildman–Crippen LogP) is 7.20. The van der Waals surface area contributed by atoms with Crippen LogP contribution in [0.25, 0.3) is 0 Å². The van der Waals surface area contributed by atoms with E-state index in [1.165, 1.54) is 117 Å². The van der Waals surface area contributed by atoms with Gasteiger partial charge in [-0.15, -0.1) is 0 Å². The van der Waals surface area contributed by atoms with Crippen LogP contribution in [0.1, 0.15) is 156 Å². The van der Waals surface area contributed by atoms with Gasteiger partial charge in [0.15, 0.2) is 0 Å².